The third-order valence-corrected chi connectivity index (χ3v) is 2.39. The molecule has 0 aromatic rings. The minimum atomic E-state index is -0.186. The van der Waals surface area contributed by atoms with Gasteiger partial charge in [-0.05, 0) is 19.3 Å². The summed E-state index contributed by atoms with van der Waals surface area (Å²) in [7, 11) is 0. The maximum absolute atomic E-state index is 11.1. The van der Waals surface area contributed by atoms with Crippen molar-refractivity contribution in [1.82, 2.24) is 0 Å². The zero-order valence-electron chi connectivity index (χ0n) is 8.01. The van der Waals surface area contributed by atoms with Crippen LogP contribution in [-0.4, -0.2) is 18.5 Å². The molecule has 1 unspecified atom stereocenters. The van der Waals surface area contributed by atoms with Crippen LogP contribution in [0.4, 0.5) is 0 Å². The quantitative estimate of drug-likeness (QED) is 0.610. The van der Waals surface area contributed by atoms with Gasteiger partial charge in [-0.1, -0.05) is 19.8 Å². The van der Waals surface area contributed by atoms with Gasteiger partial charge in [-0.25, -0.2) is 0 Å². The highest BCUT2D eigenvalue weighted by atomic mass is 16.5. The Balaban J connectivity index is 2.00. The van der Waals surface area contributed by atoms with Crippen molar-refractivity contribution in [3.8, 4) is 0 Å². The molecular formula is C10H18O2. The van der Waals surface area contributed by atoms with Crippen LogP contribution in [0.5, 0.6) is 0 Å². The summed E-state index contributed by atoms with van der Waals surface area (Å²) in [5.41, 5.74) is 0. The Bertz CT molecular complexity index is 150. The molecule has 0 radical (unpaired) electrons. The van der Waals surface area contributed by atoms with Gasteiger partial charge in [-0.15, -0.1) is 0 Å². The molecule has 1 rings (SSSR count). The third-order valence-electron chi connectivity index (χ3n) is 2.39. The number of ether oxygens (including phenoxy) is 1. The first-order chi connectivity index (χ1) is 5.74. The van der Waals surface area contributed by atoms with Crippen molar-refractivity contribution in [1.29, 1.82) is 0 Å². The van der Waals surface area contributed by atoms with E-state index in [0.29, 0.717) is 6.42 Å². The van der Waals surface area contributed by atoms with Crippen LogP contribution >= 0.6 is 0 Å². The van der Waals surface area contributed by atoms with Gasteiger partial charge in [-0.2, -0.15) is 0 Å². The van der Waals surface area contributed by atoms with Gasteiger partial charge >= 0.3 is 0 Å². The minimum absolute atomic E-state index is 0.186. The van der Waals surface area contributed by atoms with Gasteiger partial charge in [0, 0.05) is 13.0 Å². The summed E-state index contributed by atoms with van der Waals surface area (Å²) < 4.78 is 5.40. The number of rotatable bonds is 6. The van der Waals surface area contributed by atoms with Crippen LogP contribution in [-0.2, 0) is 9.53 Å². The highest BCUT2D eigenvalue weighted by molar-refractivity contribution is 5.82. The summed E-state index contributed by atoms with van der Waals surface area (Å²) in [5.74, 6) is 1.11. The molecule has 0 spiro atoms. The number of carbonyl (C=O) groups excluding carboxylic acids is 1. The molecule has 0 N–H and O–H groups in total. The van der Waals surface area contributed by atoms with E-state index in [1.807, 2.05) is 13.8 Å². The fourth-order valence-corrected chi connectivity index (χ4v) is 1.20. The molecule has 1 aliphatic rings. The molecule has 0 amide bonds. The number of Topliss-reactive ketones (excluding diaryl/α,β-unsaturated/α-hetero) is 1. The molecule has 1 aliphatic carbocycles. The minimum Gasteiger partial charge on any atom is -0.371 e. The van der Waals surface area contributed by atoms with E-state index < -0.39 is 0 Å². The van der Waals surface area contributed by atoms with E-state index in [9.17, 15) is 4.79 Å². The van der Waals surface area contributed by atoms with Gasteiger partial charge in [-0.3, -0.25) is 4.79 Å². The van der Waals surface area contributed by atoms with E-state index in [-0.39, 0.29) is 11.9 Å². The predicted molar refractivity (Wildman–Crippen MR) is 48.1 cm³/mol. The number of hydrogen-bond donors (Lipinski definition) is 0. The molecule has 1 atom stereocenters. The van der Waals surface area contributed by atoms with Crippen LogP contribution in [0.2, 0.25) is 0 Å². The molecule has 0 aromatic heterocycles. The van der Waals surface area contributed by atoms with Crippen LogP contribution in [0.3, 0.4) is 0 Å². The maximum Gasteiger partial charge on any atom is 0.160 e. The van der Waals surface area contributed by atoms with Crippen molar-refractivity contribution in [2.45, 2.75) is 45.6 Å². The zero-order chi connectivity index (χ0) is 8.97. The monoisotopic (exact) mass is 170 g/mol. The Morgan fingerprint density at radius 2 is 2.25 bits per heavy atom. The molecule has 1 saturated carbocycles. The van der Waals surface area contributed by atoms with E-state index in [0.717, 1.165) is 18.9 Å². The molecule has 70 valence electrons. The lowest BCUT2D eigenvalue weighted by Crippen LogP contribution is -2.20. The van der Waals surface area contributed by atoms with Crippen molar-refractivity contribution < 1.29 is 9.53 Å². The average Bonchev–Trinajstić information content (AvgIpc) is 2.86. The molecule has 0 bridgehead atoms. The van der Waals surface area contributed by atoms with Crippen molar-refractivity contribution in [2.75, 3.05) is 6.61 Å². The highest BCUT2D eigenvalue weighted by Gasteiger charge is 2.21. The topological polar surface area (TPSA) is 26.3 Å². The lowest BCUT2D eigenvalue weighted by atomic mass is 10.2. The fraction of sp³-hybridized carbons (Fsp3) is 0.900. The maximum atomic E-state index is 11.1. The van der Waals surface area contributed by atoms with Gasteiger partial charge < -0.3 is 4.74 Å². The van der Waals surface area contributed by atoms with E-state index >= 15 is 0 Å². The molecule has 0 aromatic carbocycles. The van der Waals surface area contributed by atoms with Crippen LogP contribution in [0.1, 0.15) is 39.5 Å². The van der Waals surface area contributed by atoms with Crippen molar-refractivity contribution >= 4 is 5.78 Å². The molecule has 1 fully saturated rings. The number of ketones is 1. The van der Waals surface area contributed by atoms with E-state index in [2.05, 4.69) is 0 Å². The Morgan fingerprint density at radius 1 is 1.58 bits per heavy atom. The lowest BCUT2D eigenvalue weighted by molar-refractivity contribution is -0.129. The van der Waals surface area contributed by atoms with Crippen LogP contribution in [0.25, 0.3) is 0 Å². The first-order valence-electron chi connectivity index (χ1n) is 4.88. The van der Waals surface area contributed by atoms with Crippen LogP contribution in [0.15, 0.2) is 0 Å². The summed E-state index contributed by atoms with van der Waals surface area (Å²) in [4.78, 5) is 11.1. The number of hydrogen-bond acceptors (Lipinski definition) is 2. The predicted octanol–water partition coefficient (Wildman–Crippen LogP) is 2.17. The Hall–Kier alpha value is -0.370. The van der Waals surface area contributed by atoms with Gasteiger partial charge in [0.25, 0.3) is 0 Å². The molecule has 12 heavy (non-hydrogen) atoms. The van der Waals surface area contributed by atoms with E-state index in [4.69, 9.17) is 4.74 Å². The second-order valence-electron chi connectivity index (χ2n) is 3.56. The van der Waals surface area contributed by atoms with Gasteiger partial charge in [0.15, 0.2) is 5.78 Å². The first-order valence-corrected chi connectivity index (χ1v) is 4.88. The van der Waals surface area contributed by atoms with E-state index in [1.54, 1.807) is 0 Å². The summed E-state index contributed by atoms with van der Waals surface area (Å²) in [6.45, 7) is 4.49. The summed E-state index contributed by atoms with van der Waals surface area (Å²) in [6.07, 6.45) is 4.26. The van der Waals surface area contributed by atoms with Crippen LogP contribution in [0, 0.1) is 5.92 Å². The molecule has 0 aliphatic heterocycles. The normalized spacial score (nSPS) is 19.2. The SMILES string of the molecule is CCC(=O)C(C)OCCC1CC1. The Labute approximate surface area is 74.3 Å². The van der Waals surface area contributed by atoms with Crippen molar-refractivity contribution in [2.24, 2.45) is 5.92 Å². The first kappa shape index (κ1) is 9.72. The lowest BCUT2D eigenvalue weighted by Gasteiger charge is -2.09. The number of carbonyl (C=O) groups is 1. The Kier molecular flexibility index (Phi) is 3.73. The molecule has 0 saturated heterocycles. The van der Waals surface area contributed by atoms with Crippen LogP contribution < -0.4 is 0 Å². The molecule has 0 heterocycles. The highest BCUT2D eigenvalue weighted by Crippen LogP contribution is 2.32. The summed E-state index contributed by atoms with van der Waals surface area (Å²) in [6, 6.07) is 0. The summed E-state index contributed by atoms with van der Waals surface area (Å²) in [5, 5.41) is 0. The Morgan fingerprint density at radius 3 is 2.75 bits per heavy atom. The zero-order valence-corrected chi connectivity index (χ0v) is 8.01. The average molecular weight is 170 g/mol. The summed E-state index contributed by atoms with van der Waals surface area (Å²) >= 11 is 0. The third kappa shape index (κ3) is 3.35. The van der Waals surface area contributed by atoms with Crippen molar-refractivity contribution in [3.05, 3.63) is 0 Å². The molecule has 2 nitrogen and oxygen atoms in total. The smallest absolute Gasteiger partial charge is 0.160 e. The van der Waals surface area contributed by atoms with Crippen molar-refractivity contribution in [3.63, 3.8) is 0 Å². The van der Waals surface area contributed by atoms with Gasteiger partial charge in [0.05, 0.1) is 0 Å². The molecule has 2 heteroatoms. The fourth-order valence-electron chi connectivity index (χ4n) is 1.20. The standard InChI is InChI=1S/C10H18O2/c1-3-10(11)8(2)12-7-6-9-4-5-9/h8-9H,3-7H2,1-2H3. The van der Waals surface area contributed by atoms with E-state index in [1.165, 1.54) is 12.8 Å². The molecular weight excluding hydrogens is 152 g/mol. The van der Waals surface area contributed by atoms with Gasteiger partial charge in [0.1, 0.15) is 6.10 Å². The second kappa shape index (κ2) is 4.61. The second-order valence-corrected chi connectivity index (χ2v) is 3.56. The largest absolute Gasteiger partial charge is 0.371 e. The van der Waals surface area contributed by atoms with Gasteiger partial charge in [0.2, 0.25) is 0 Å².